The second-order valence-electron chi connectivity index (χ2n) is 10.2. The van der Waals surface area contributed by atoms with E-state index in [1.54, 1.807) is 6.20 Å². The number of nitrogens with zero attached hydrogens (tertiary/aromatic N) is 4. The second kappa shape index (κ2) is 11.4. The molecular weight excluding hydrogens is 705 g/mol. The van der Waals surface area contributed by atoms with Crippen LogP contribution >= 0.6 is 0 Å². The summed E-state index contributed by atoms with van der Waals surface area (Å²) in [5, 5.41) is 5.03. The van der Waals surface area contributed by atoms with Crippen molar-refractivity contribution in [3.63, 3.8) is 0 Å². The third-order valence-electron chi connectivity index (χ3n) is 7.73. The van der Waals surface area contributed by atoms with E-state index in [0.29, 0.717) is 0 Å². The Balaban J connectivity index is 0.000000195. The monoisotopic (exact) mass is 730 g/mol. The predicted molar refractivity (Wildman–Crippen MR) is 173 cm³/mol. The summed E-state index contributed by atoms with van der Waals surface area (Å²) in [7, 11) is 0. The first kappa shape index (κ1) is 26.9. The topological polar surface area (TPSA) is 23.8 Å². The molecule has 0 atom stereocenters. The number of pyridine rings is 1. The second-order valence-corrected chi connectivity index (χ2v) is 10.2. The molecule has 0 spiro atoms. The molecule has 0 fully saturated rings. The first-order chi connectivity index (χ1) is 20.8. The number of hydrogen-bond donors (Lipinski definition) is 0. The summed E-state index contributed by atoms with van der Waals surface area (Å²) in [6.07, 6.45) is 5.95. The summed E-state index contributed by atoms with van der Waals surface area (Å²) in [6.45, 7) is 2.10. The van der Waals surface area contributed by atoms with Gasteiger partial charge in [0.2, 0.25) is 0 Å². The third-order valence-corrected chi connectivity index (χ3v) is 7.73. The van der Waals surface area contributed by atoms with Crippen LogP contribution in [0.4, 0.5) is 11.4 Å². The van der Waals surface area contributed by atoms with Crippen LogP contribution in [0.25, 0.3) is 49.4 Å². The van der Waals surface area contributed by atoms with Gasteiger partial charge in [0.05, 0.1) is 0 Å². The van der Waals surface area contributed by atoms with Gasteiger partial charge in [-0.3, -0.25) is 0 Å². The Morgan fingerprint density at radius 2 is 1.37 bits per heavy atom. The standard InChI is InChI=1S/C27H17N3.C11H8N.Ir/c1-2-7-19(8-3-1)28-15-16-29(18-28)20-13-14-26-24(17-20)23-11-6-10-22-21-9-4-5-12-25(21)30(26)27(22)23;1-2-6-10(7-3-1)11-8-4-5-9-12-11;/h1-16,18H;1-6,8-9H;/q-2;-1;+3. The van der Waals surface area contributed by atoms with Crippen molar-refractivity contribution in [1.29, 1.82) is 0 Å². The van der Waals surface area contributed by atoms with Crippen LogP contribution in [0.5, 0.6) is 0 Å². The van der Waals surface area contributed by atoms with E-state index >= 15 is 0 Å². The summed E-state index contributed by atoms with van der Waals surface area (Å²) in [5.41, 5.74) is 7.93. The maximum Gasteiger partial charge on any atom is 3.00 e. The third kappa shape index (κ3) is 4.73. The molecule has 0 saturated heterocycles. The van der Waals surface area contributed by atoms with Crippen molar-refractivity contribution in [2.45, 2.75) is 0 Å². The quantitative estimate of drug-likeness (QED) is 0.170. The smallest absolute Gasteiger partial charge is 0.495 e. The number of benzene rings is 5. The molecule has 9 rings (SSSR count). The van der Waals surface area contributed by atoms with Gasteiger partial charge in [0.1, 0.15) is 0 Å². The van der Waals surface area contributed by atoms with Crippen molar-refractivity contribution >= 4 is 49.5 Å². The van der Waals surface area contributed by atoms with Crippen LogP contribution in [0.15, 0.2) is 146 Å². The first-order valence-corrected chi connectivity index (χ1v) is 14.0. The van der Waals surface area contributed by atoms with Gasteiger partial charge < -0.3 is 19.2 Å². The van der Waals surface area contributed by atoms with Gasteiger partial charge >= 0.3 is 20.1 Å². The fraction of sp³-hybridized carbons (Fsp3) is 0. The van der Waals surface area contributed by atoms with Gasteiger partial charge in [0.15, 0.2) is 0 Å². The van der Waals surface area contributed by atoms with Crippen molar-refractivity contribution in [3.05, 3.63) is 165 Å². The number of anilines is 2. The first-order valence-electron chi connectivity index (χ1n) is 14.0. The van der Waals surface area contributed by atoms with E-state index in [1.807, 2.05) is 48.5 Å². The molecule has 0 amide bonds. The van der Waals surface area contributed by atoms with E-state index < -0.39 is 0 Å². The zero-order chi connectivity index (χ0) is 27.9. The Bertz CT molecular complexity index is 2140. The molecule has 5 heteroatoms. The molecule has 5 aromatic carbocycles. The molecule has 0 bridgehead atoms. The maximum atomic E-state index is 4.22. The van der Waals surface area contributed by atoms with Crippen molar-refractivity contribution < 1.29 is 20.1 Å². The molecule has 3 aromatic heterocycles. The summed E-state index contributed by atoms with van der Waals surface area (Å²) in [4.78, 5) is 8.47. The van der Waals surface area contributed by atoms with Crippen molar-refractivity contribution in [2.75, 3.05) is 9.80 Å². The zero-order valence-corrected chi connectivity index (χ0v) is 25.5. The average Bonchev–Trinajstić information content (AvgIpc) is 3.79. The van der Waals surface area contributed by atoms with Gasteiger partial charge in [-0.05, 0) is 53.3 Å². The Morgan fingerprint density at radius 3 is 2.21 bits per heavy atom. The number of fused-ring (bicyclic) bond motifs is 6. The fourth-order valence-electron chi connectivity index (χ4n) is 5.81. The SMILES string of the molecule is [Ir+3].[c-]1c(N2C=CN(c3ccccc3)[CH-]2)ccc2c1c1cccc3c4ccccc4n2c13.[c-]1ccccc1-c1ccccn1. The van der Waals surface area contributed by atoms with Crippen LogP contribution in [0.1, 0.15) is 0 Å². The van der Waals surface area contributed by atoms with E-state index in [1.165, 1.54) is 38.1 Å². The molecule has 206 valence electrons. The zero-order valence-electron chi connectivity index (χ0n) is 23.1. The van der Waals surface area contributed by atoms with E-state index in [2.05, 4.69) is 129 Å². The Kier molecular flexibility index (Phi) is 7.12. The van der Waals surface area contributed by atoms with Crippen molar-refractivity contribution in [1.82, 2.24) is 9.38 Å². The van der Waals surface area contributed by atoms with Gasteiger partial charge in [-0.25, -0.2) is 0 Å². The fourth-order valence-corrected chi connectivity index (χ4v) is 5.81. The molecule has 4 heterocycles. The van der Waals surface area contributed by atoms with Crippen LogP contribution in [0, 0.1) is 18.8 Å². The predicted octanol–water partition coefficient (Wildman–Crippen LogP) is 9.10. The van der Waals surface area contributed by atoms with E-state index in [9.17, 15) is 0 Å². The van der Waals surface area contributed by atoms with Gasteiger partial charge in [0, 0.05) is 28.3 Å². The molecule has 1 aliphatic rings. The number of aromatic nitrogens is 2. The molecule has 0 aliphatic carbocycles. The van der Waals surface area contributed by atoms with E-state index in [-0.39, 0.29) is 20.1 Å². The van der Waals surface area contributed by atoms with E-state index in [4.69, 9.17) is 0 Å². The maximum absolute atomic E-state index is 4.22. The molecule has 43 heavy (non-hydrogen) atoms. The summed E-state index contributed by atoms with van der Waals surface area (Å²) in [6, 6.07) is 50.5. The molecule has 1 aliphatic heterocycles. The van der Waals surface area contributed by atoms with Crippen LogP contribution in [-0.2, 0) is 20.1 Å². The number of para-hydroxylation sites is 3. The average molecular weight is 730 g/mol. The molecule has 4 nitrogen and oxygen atoms in total. The van der Waals surface area contributed by atoms with Gasteiger partial charge in [0.25, 0.3) is 0 Å². The normalized spacial score (nSPS) is 12.7. The van der Waals surface area contributed by atoms with Crippen LogP contribution in [0.2, 0.25) is 0 Å². The minimum absolute atomic E-state index is 0. The van der Waals surface area contributed by atoms with Gasteiger partial charge in [-0.1, -0.05) is 77.8 Å². The molecule has 0 saturated carbocycles. The molecule has 0 radical (unpaired) electrons. The van der Waals surface area contributed by atoms with Gasteiger partial charge in [-0.15, -0.1) is 66.1 Å². The molecule has 0 unspecified atom stereocenters. The Labute approximate surface area is 263 Å². The number of rotatable bonds is 3. The van der Waals surface area contributed by atoms with E-state index in [0.717, 1.165) is 22.6 Å². The molecular formula is C38H25IrN4. The molecule has 8 aromatic rings. The number of hydrogen-bond acceptors (Lipinski definition) is 3. The van der Waals surface area contributed by atoms with Crippen molar-refractivity contribution in [3.8, 4) is 11.3 Å². The largest absolute Gasteiger partial charge is 3.00 e. The summed E-state index contributed by atoms with van der Waals surface area (Å²) < 4.78 is 2.38. The minimum Gasteiger partial charge on any atom is -0.495 e. The molecule has 0 N–H and O–H groups in total. The summed E-state index contributed by atoms with van der Waals surface area (Å²) >= 11 is 0. The van der Waals surface area contributed by atoms with Gasteiger partial charge in [-0.2, -0.15) is 0 Å². The minimum atomic E-state index is 0. The summed E-state index contributed by atoms with van der Waals surface area (Å²) in [5.74, 6) is 0. The Hall–Kier alpha value is -4.96. The van der Waals surface area contributed by atoms with Crippen LogP contribution in [0.3, 0.4) is 0 Å². The van der Waals surface area contributed by atoms with Crippen LogP contribution in [-0.4, -0.2) is 9.38 Å². The van der Waals surface area contributed by atoms with Crippen molar-refractivity contribution in [2.24, 2.45) is 0 Å². The Morgan fingerprint density at radius 1 is 0.605 bits per heavy atom. The van der Waals surface area contributed by atoms with Crippen LogP contribution < -0.4 is 9.80 Å².